The number of rotatable bonds is 3. The number of ether oxygens (including phenoxy) is 1. The molecule has 3 rings (SSSR count). The van der Waals surface area contributed by atoms with E-state index in [0.29, 0.717) is 0 Å². The van der Waals surface area contributed by atoms with Gasteiger partial charge in [-0.1, -0.05) is 64.0 Å². The maximum atomic E-state index is 5.96. The molecule has 2 nitrogen and oxygen atoms in total. The normalized spacial score (nSPS) is 19.6. The van der Waals surface area contributed by atoms with Gasteiger partial charge in [-0.05, 0) is 24.1 Å². The third kappa shape index (κ3) is 3.73. The van der Waals surface area contributed by atoms with Crippen LogP contribution in [0.15, 0.2) is 53.0 Å². The molecule has 110 valence electrons. The smallest absolute Gasteiger partial charge is 0.0963 e. The molecule has 0 radical (unpaired) electrons. The van der Waals surface area contributed by atoms with Crippen LogP contribution >= 0.6 is 15.9 Å². The molecule has 0 amide bonds. The Morgan fingerprint density at radius 3 is 2.67 bits per heavy atom. The number of aryl methyl sites for hydroxylation is 1. The van der Waals surface area contributed by atoms with Crippen molar-refractivity contribution in [3.63, 3.8) is 0 Å². The summed E-state index contributed by atoms with van der Waals surface area (Å²) >= 11 is 3.63. The molecule has 0 N–H and O–H groups in total. The first-order valence-corrected chi connectivity index (χ1v) is 8.15. The lowest BCUT2D eigenvalue weighted by Crippen LogP contribution is -2.37. The fourth-order valence-electron chi connectivity index (χ4n) is 2.72. The highest BCUT2D eigenvalue weighted by molar-refractivity contribution is 9.10. The summed E-state index contributed by atoms with van der Waals surface area (Å²) in [6.45, 7) is 5.84. The number of halogens is 1. The van der Waals surface area contributed by atoms with Gasteiger partial charge in [0.05, 0.1) is 12.7 Å². The van der Waals surface area contributed by atoms with Crippen molar-refractivity contribution in [1.82, 2.24) is 4.90 Å². The Hall–Kier alpha value is -1.16. The molecule has 1 saturated heterocycles. The molecule has 2 aromatic carbocycles. The maximum Gasteiger partial charge on any atom is 0.0963 e. The molecular weight excluding hydrogens is 326 g/mol. The molecule has 0 saturated carbocycles. The molecule has 1 fully saturated rings. The quantitative estimate of drug-likeness (QED) is 0.820. The highest BCUT2D eigenvalue weighted by atomic mass is 79.9. The van der Waals surface area contributed by atoms with Crippen LogP contribution in [-0.2, 0) is 11.3 Å². The summed E-state index contributed by atoms with van der Waals surface area (Å²) in [6, 6.07) is 17.1. The van der Waals surface area contributed by atoms with E-state index in [2.05, 4.69) is 70.2 Å². The van der Waals surface area contributed by atoms with Crippen LogP contribution in [0.5, 0.6) is 0 Å². The van der Waals surface area contributed by atoms with Gasteiger partial charge in [0.1, 0.15) is 0 Å². The monoisotopic (exact) mass is 345 g/mol. The fraction of sp³-hybridized carbons (Fsp3) is 0.333. The molecular formula is C18H20BrNO. The number of hydrogen-bond acceptors (Lipinski definition) is 2. The zero-order valence-corrected chi connectivity index (χ0v) is 13.8. The zero-order chi connectivity index (χ0) is 14.7. The lowest BCUT2D eigenvalue weighted by atomic mass is 10.1. The summed E-state index contributed by atoms with van der Waals surface area (Å²) in [5.74, 6) is 0. The standard InChI is InChI=1S/C18H20BrNO/c1-14-6-8-15(9-7-14)12-20-10-11-21-18(13-20)16-4-2-3-5-17(16)19/h2-9,18H,10-13H2,1H3. The Labute approximate surface area is 134 Å². The van der Waals surface area contributed by atoms with Crippen LogP contribution in [-0.4, -0.2) is 24.6 Å². The summed E-state index contributed by atoms with van der Waals surface area (Å²) in [6.07, 6.45) is 0.153. The number of benzene rings is 2. The van der Waals surface area contributed by atoms with Crippen molar-refractivity contribution in [2.75, 3.05) is 19.7 Å². The molecule has 1 unspecified atom stereocenters. The average molecular weight is 346 g/mol. The second-order valence-electron chi connectivity index (χ2n) is 5.60. The van der Waals surface area contributed by atoms with Crippen LogP contribution in [0.3, 0.4) is 0 Å². The molecule has 2 aromatic rings. The van der Waals surface area contributed by atoms with E-state index in [0.717, 1.165) is 30.7 Å². The molecule has 1 aliphatic rings. The molecule has 3 heteroatoms. The van der Waals surface area contributed by atoms with E-state index in [9.17, 15) is 0 Å². The van der Waals surface area contributed by atoms with Gasteiger partial charge in [0.25, 0.3) is 0 Å². The minimum Gasteiger partial charge on any atom is -0.371 e. The number of hydrogen-bond donors (Lipinski definition) is 0. The average Bonchev–Trinajstić information content (AvgIpc) is 2.50. The van der Waals surface area contributed by atoms with E-state index in [1.165, 1.54) is 16.7 Å². The molecule has 0 bridgehead atoms. The molecule has 0 aromatic heterocycles. The van der Waals surface area contributed by atoms with E-state index in [1.807, 2.05) is 6.07 Å². The van der Waals surface area contributed by atoms with Gasteiger partial charge in [-0.3, -0.25) is 4.90 Å². The Morgan fingerprint density at radius 2 is 1.90 bits per heavy atom. The van der Waals surface area contributed by atoms with Crippen LogP contribution in [0.25, 0.3) is 0 Å². The van der Waals surface area contributed by atoms with E-state index < -0.39 is 0 Å². The molecule has 21 heavy (non-hydrogen) atoms. The SMILES string of the molecule is Cc1ccc(CN2CCOC(c3ccccc3Br)C2)cc1. The van der Waals surface area contributed by atoms with Gasteiger partial charge >= 0.3 is 0 Å². The molecule has 0 spiro atoms. The Kier molecular flexibility index (Phi) is 4.73. The van der Waals surface area contributed by atoms with E-state index in [1.54, 1.807) is 0 Å². The van der Waals surface area contributed by atoms with Gasteiger partial charge in [0, 0.05) is 24.1 Å². The van der Waals surface area contributed by atoms with Gasteiger partial charge in [0.15, 0.2) is 0 Å². The largest absolute Gasteiger partial charge is 0.371 e. The first-order chi connectivity index (χ1) is 10.2. The van der Waals surface area contributed by atoms with Crippen molar-refractivity contribution >= 4 is 15.9 Å². The highest BCUT2D eigenvalue weighted by Gasteiger charge is 2.23. The van der Waals surface area contributed by atoms with E-state index >= 15 is 0 Å². The van der Waals surface area contributed by atoms with E-state index in [4.69, 9.17) is 4.74 Å². The van der Waals surface area contributed by atoms with Gasteiger partial charge in [-0.15, -0.1) is 0 Å². The first-order valence-electron chi connectivity index (χ1n) is 7.36. The fourth-order valence-corrected chi connectivity index (χ4v) is 3.26. The van der Waals surface area contributed by atoms with Crippen molar-refractivity contribution in [1.29, 1.82) is 0 Å². The van der Waals surface area contributed by atoms with Gasteiger partial charge in [-0.25, -0.2) is 0 Å². The summed E-state index contributed by atoms with van der Waals surface area (Å²) < 4.78 is 7.09. The Morgan fingerprint density at radius 1 is 1.14 bits per heavy atom. The lowest BCUT2D eigenvalue weighted by molar-refractivity contribution is -0.0332. The number of morpholine rings is 1. The van der Waals surface area contributed by atoms with Crippen LogP contribution in [0.2, 0.25) is 0 Å². The minimum atomic E-state index is 0.153. The molecule has 1 atom stereocenters. The highest BCUT2D eigenvalue weighted by Crippen LogP contribution is 2.29. The van der Waals surface area contributed by atoms with Gasteiger partial charge in [-0.2, -0.15) is 0 Å². The van der Waals surface area contributed by atoms with Gasteiger partial charge in [0.2, 0.25) is 0 Å². The molecule has 1 heterocycles. The maximum absolute atomic E-state index is 5.96. The van der Waals surface area contributed by atoms with Crippen molar-refractivity contribution in [2.24, 2.45) is 0 Å². The van der Waals surface area contributed by atoms with Crippen molar-refractivity contribution in [3.05, 3.63) is 69.7 Å². The van der Waals surface area contributed by atoms with Crippen molar-refractivity contribution in [3.8, 4) is 0 Å². The minimum absolute atomic E-state index is 0.153. The number of nitrogens with zero attached hydrogens (tertiary/aromatic N) is 1. The van der Waals surface area contributed by atoms with Crippen molar-refractivity contribution < 1.29 is 4.74 Å². The third-order valence-electron chi connectivity index (χ3n) is 3.93. The van der Waals surface area contributed by atoms with Crippen LogP contribution in [0.1, 0.15) is 22.8 Å². The summed E-state index contributed by atoms with van der Waals surface area (Å²) in [4.78, 5) is 2.47. The second-order valence-corrected chi connectivity index (χ2v) is 6.46. The second kappa shape index (κ2) is 6.73. The third-order valence-corrected chi connectivity index (χ3v) is 4.65. The summed E-state index contributed by atoms with van der Waals surface area (Å²) in [7, 11) is 0. The summed E-state index contributed by atoms with van der Waals surface area (Å²) in [5.41, 5.74) is 3.92. The van der Waals surface area contributed by atoms with Crippen molar-refractivity contribution in [2.45, 2.75) is 19.6 Å². The summed E-state index contributed by atoms with van der Waals surface area (Å²) in [5, 5.41) is 0. The van der Waals surface area contributed by atoms with E-state index in [-0.39, 0.29) is 6.10 Å². The van der Waals surface area contributed by atoms with Crippen LogP contribution < -0.4 is 0 Å². The van der Waals surface area contributed by atoms with Crippen LogP contribution in [0, 0.1) is 6.92 Å². The van der Waals surface area contributed by atoms with Gasteiger partial charge < -0.3 is 4.74 Å². The molecule has 1 aliphatic heterocycles. The lowest BCUT2D eigenvalue weighted by Gasteiger charge is -2.33. The van der Waals surface area contributed by atoms with Crippen LogP contribution in [0.4, 0.5) is 0 Å². The zero-order valence-electron chi connectivity index (χ0n) is 12.3. The first kappa shape index (κ1) is 14.8. The Balaban J connectivity index is 1.68. The molecule has 0 aliphatic carbocycles. The Bertz CT molecular complexity index is 596. The topological polar surface area (TPSA) is 12.5 Å². The predicted molar refractivity (Wildman–Crippen MR) is 89.3 cm³/mol. The predicted octanol–water partition coefficient (Wildman–Crippen LogP) is 4.33.